The summed E-state index contributed by atoms with van der Waals surface area (Å²) in [6, 6.07) is 5.15. The highest BCUT2D eigenvalue weighted by Gasteiger charge is 2.51. The number of carbonyl (C=O) groups excluding carboxylic acids is 1. The van der Waals surface area contributed by atoms with Crippen LogP contribution in [-0.2, 0) is 14.8 Å². The van der Waals surface area contributed by atoms with Gasteiger partial charge in [-0.25, -0.2) is 13.2 Å². The molecule has 1 aromatic carbocycles. The van der Waals surface area contributed by atoms with Crippen molar-refractivity contribution in [2.75, 3.05) is 6.54 Å². The number of terminal acetylenes is 1. The van der Waals surface area contributed by atoms with Gasteiger partial charge in [-0.1, -0.05) is 5.92 Å². The first-order chi connectivity index (χ1) is 10.3. The molecule has 0 saturated heterocycles. The van der Waals surface area contributed by atoms with Crippen molar-refractivity contribution in [3.8, 4) is 12.3 Å². The number of sulfonamides is 1. The average Bonchev–Trinajstić information content (AvgIpc) is 3.26. The van der Waals surface area contributed by atoms with Gasteiger partial charge in [0, 0.05) is 5.56 Å². The number of benzene rings is 1. The van der Waals surface area contributed by atoms with Crippen LogP contribution in [0.2, 0.25) is 0 Å². The van der Waals surface area contributed by atoms with Crippen LogP contribution >= 0.6 is 0 Å². The van der Waals surface area contributed by atoms with Crippen molar-refractivity contribution < 1.29 is 23.1 Å². The van der Waals surface area contributed by atoms with E-state index in [2.05, 4.69) is 16.0 Å². The fourth-order valence-corrected chi connectivity index (χ4v) is 2.75. The van der Waals surface area contributed by atoms with Crippen molar-refractivity contribution in [3.05, 3.63) is 29.8 Å². The standard InChI is InChI=1S/C14H14N2O5S/c1-2-9-15-22(20,21)11-5-3-10(4-6-11)12(17)16-14(7-8-14)13(18)19/h1,3-6,15H,7-9H2,(H,16,17)(H,18,19). The quantitative estimate of drug-likeness (QED) is 0.635. The zero-order valence-corrected chi connectivity index (χ0v) is 12.3. The lowest BCUT2D eigenvalue weighted by Crippen LogP contribution is -2.43. The second-order valence-electron chi connectivity index (χ2n) is 4.89. The molecule has 116 valence electrons. The lowest BCUT2D eigenvalue weighted by molar-refractivity contribution is -0.140. The van der Waals surface area contributed by atoms with Gasteiger partial charge in [-0.2, -0.15) is 4.72 Å². The molecule has 1 fully saturated rings. The molecule has 0 heterocycles. The van der Waals surface area contributed by atoms with Gasteiger partial charge in [-0.3, -0.25) is 4.79 Å². The number of rotatable bonds is 6. The molecule has 1 aliphatic rings. The van der Waals surface area contributed by atoms with E-state index >= 15 is 0 Å². The SMILES string of the molecule is C#CCNS(=O)(=O)c1ccc(C(=O)NC2(C(=O)O)CC2)cc1. The summed E-state index contributed by atoms with van der Waals surface area (Å²) in [5, 5.41) is 11.5. The Balaban J connectivity index is 2.11. The van der Waals surface area contributed by atoms with Gasteiger partial charge in [-0.05, 0) is 37.1 Å². The molecule has 7 nitrogen and oxygen atoms in total. The van der Waals surface area contributed by atoms with E-state index in [0.29, 0.717) is 12.8 Å². The third-order valence-electron chi connectivity index (χ3n) is 3.30. The molecule has 0 unspecified atom stereocenters. The molecule has 0 aliphatic heterocycles. The fourth-order valence-electron chi connectivity index (χ4n) is 1.81. The fraction of sp³-hybridized carbons (Fsp3) is 0.286. The van der Waals surface area contributed by atoms with Crippen LogP contribution in [-0.4, -0.2) is 37.5 Å². The molecule has 2 rings (SSSR count). The van der Waals surface area contributed by atoms with Crippen LogP contribution in [0.1, 0.15) is 23.2 Å². The monoisotopic (exact) mass is 322 g/mol. The van der Waals surface area contributed by atoms with Crippen LogP contribution in [0.15, 0.2) is 29.2 Å². The van der Waals surface area contributed by atoms with Gasteiger partial charge in [0.25, 0.3) is 5.91 Å². The minimum Gasteiger partial charge on any atom is -0.480 e. The van der Waals surface area contributed by atoms with Gasteiger partial charge >= 0.3 is 5.97 Å². The van der Waals surface area contributed by atoms with Crippen LogP contribution < -0.4 is 10.0 Å². The minimum absolute atomic E-state index is 0.0290. The highest BCUT2D eigenvalue weighted by molar-refractivity contribution is 7.89. The van der Waals surface area contributed by atoms with E-state index in [1.54, 1.807) is 0 Å². The van der Waals surface area contributed by atoms with Crippen molar-refractivity contribution in [2.45, 2.75) is 23.3 Å². The van der Waals surface area contributed by atoms with E-state index in [9.17, 15) is 18.0 Å². The Bertz CT molecular complexity index is 742. The molecule has 0 aromatic heterocycles. The molecule has 0 spiro atoms. The molecule has 1 saturated carbocycles. The van der Waals surface area contributed by atoms with Crippen LogP contribution in [0.25, 0.3) is 0 Å². The number of carboxylic acid groups (broad SMARTS) is 1. The van der Waals surface area contributed by atoms with E-state index in [0.717, 1.165) is 0 Å². The summed E-state index contributed by atoms with van der Waals surface area (Å²) in [4.78, 5) is 23.0. The maximum atomic E-state index is 12.0. The zero-order chi connectivity index (χ0) is 16.4. The number of hydrogen-bond acceptors (Lipinski definition) is 4. The molecule has 1 amide bonds. The van der Waals surface area contributed by atoms with Gasteiger partial charge in [0.2, 0.25) is 10.0 Å². The molecule has 8 heteroatoms. The van der Waals surface area contributed by atoms with Gasteiger partial charge in [-0.15, -0.1) is 6.42 Å². The molecule has 0 atom stereocenters. The third-order valence-corrected chi connectivity index (χ3v) is 4.72. The minimum atomic E-state index is -3.72. The van der Waals surface area contributed by atoms with Crippen LogP contribution in [0, 0.1) is 12.3 Å². The molecular weight excluding hydrogens is 308 g/mol. The molecule has 22 heavy (non-hydrogen) atoms. The van der Waals surface area contributed by atoms with Crippen LogP contribution in [0.5, 0.6) is 0 Å². The summed E-state index contributed by atoms with van der Waals surface area (Å²) in [5.41, 5.74) is -1.00. The largest absolute Gasteiger partial charge is 0.480 e. The zero-order valence-electron chi connectivity index (χ0n) is 11.5. The summed E-state index contributed by atoms with van der Waals surface area (Å²) >= 11 is 0. The lowest BCUT2D eigenvalue weighted by Gasteiger charge is -2.12. The van der Waals surface area contributed by atoms with Gasteiger partial charge < -0.3 is 10.4 Å². The summed E-state index contributed by atoms with van der Waals surface area (Å²) in [6.45, 7) is -0.133. The normalized spacial score (nSPS) is 15.6. The van der Waals surface area contributed by atoms with E-state index in [4.69, 9.17) is 11.5 Å². The number of aliphatic carboxylic acids is 1. The summed E-state index contributed by atoms with van der Waals surface area (Å²) in [7, 11) is -3.72. The predicted octanol–water partition coefficient (Wildman–Crippen LogP) is -0.0549. The molecule has 0 bridgehead atoms. The average molecular weight is 322 g/mol. The maximum Gasteiger partial charge on any atom is 0.329 e. The van der Waals surface area contributed by atoms with Gasteiger partial charge in [0.05, 0.1) is 11.4 Å². The van der Waals surface area contributed by atoms with E-state index in [1.807, 2.05) is 0 Å². The number of amides is 1. The Morgan fingerprint density at radius 3 is 2.32 bits per heavy atom. The van der Waals surface area contributed by atoms with Crippen molar-refractivity contribution in [1.29, 1.82) is 0 Å². The van der Waals surface area contributed by atoms with Crippen molar-refractivity contribution >= 4 is 21.9 Å². The first kappa shape index (κ1) is 16.0. The lowest BCUT2D eigenvalue weighted by atomic mass is 10.2. The number of hydrogen-bond donors (Lipinski definition) is 3. The van der Waals surface area contributed by atoms with Crippen molar-refractivity contribution in [2.24, 2.45) is 0 Å². The van der Waals surface area contributed by atoms with Crippen molar-refractivity contribution in [3.63, 3.8) is 0 Å². The highest BCUT2D eigenvalue weighted by Crippen LogP contribution is 2.35. The maximum absolute atomic E-state index is 12.0. The van der Waals surface area contributed by atoms with E-state index in [-0.39, 0.29) is 17.0 Å². The Kier molecular flexibility index (Phi) is 4.21. The summed E-state index contributed by atoms with van der Waals surface area (Å²) in [5.74, 6) is 0.530. The molecule has 1 aliphatic carbocycles. The first-order valence-electron chi connectivity index (χ1n) is 6.40. The summed E-state index contributed by atoms with van der Waals surface area (Å²) in [6.07, 6.45) is 5.76. The van der Waals surface area contributed by atoms with Crippen LogP contribution in [0.3, 0.4) is 0 Å². The van der Waals surface area contributed by atoms with Gasteiger partial charge in [0.1, 0.15) is 5.54 Å². The van der Waals surface area contributed by atoms with E-state index < -0.39 is 27.4 Å². The van der Waals surface area contributed by atoms with E-state index in [1.165, 1.54) is 24.3 Å². The highest BCUT2D eigenvalue weighted by atomic mass is 32.2. The number of carboxylic acids is 1. The van der Waals surface area contributed by atoms with Gasteiger partial charge in [0.15, 0.2) is 0 Å². The molecule has 0 radical (unpaired) electrons. The second-order valence-corrected chi connectivity index (χ2v) is 6.66. The third kappa shape index (κ3) is 3.27. The Labute approximate surface area is 127 Å². The number of nitrogens with one attached hydrogen (secondary N) is 2. The Hall–Kier alpha value is -2.37. The Morgan fingerprint density at radius 1 is 1.27 bits per heavy atom. The first-order valence-corrected chi connectivity index (χ1v) is 7.88. The van der Waals surface area contributed by atoms with Crippen LogP contribution in [0.4, 0.5) is 0 Å². The number of carbonyl (C=O) groups is 2. The smallest absolute Gasteiger partial charge is 0.329 e. The predicted molar refractivity (Wildman–Crippen MR) is 77.5 cm³/mol. The Morgan fingerprint density at radius 2 is 1.86 bits per heavy atom. The second kappa shape index (κ2) is 5.79. The topological polar surface area (TPSA) is 113 Å². The molecule has 3 N–H and O–H groups in total. The summed E-state index contributed by atoms with van der Waals surface area (Å²) < 4.78 is 25.8. The van der Waals surface area contributed by atoms with Crippen molar-refractivity contribution in [1.82, 2.24) is 10.0 Å². The molecular formula is C14H14N2O5S. The molecule has 1 aromatic rings.